The number of hydrogen-bond acceptors (Lipinski definition) is 2. The number of hydrogen-bond donors (Lipinski definition) is 1. The van der Waals surface area contributed by atoms with E-state index in [0.29, 0.717) is 11.8 Å². The molecule has 2 saturated carbocycles. The lowest BCUT2D eigenvalue weighted by Crippen LogP contribution is -2.46. The van der Waals surface area contributed by atoms with Crippen molar-refractivity contribution >= 4 is 0 Å². The normalized spacial score (nSPS) is 38.0. The van der Waals surface area contributed by atoms with E-state index in [4.69, 9.17) is 4.74 Å². The minimum Gasteiger partial charge on any atom is -0.390 e. The van der Waals surface area contributed by atoms with Gasteiger partial charge in [-0.15, -0.1) is 0 Å². The SMILES string of the molecule is OC1(CC2CCOCC2)CCCCC1C1CCCCC1. The summed E-state index contributed by atoms with van der Waals surface area (Å²) >= 11 is 0. The first-order valence-electron chi connectivity index (χ1n) is 9.08. The summed E-state index contributed by atoms with van der Waals surface area (Å²) in [5, 5.41) is 11.4. The standard InChI is InChI=1S/C18H32O2/c19-18(14-15-9-12-20-13-10-15)11-5-4-8-17(18)16-6-2-1-3-7-16/h15-17,19H,1-14H2. The number of aliphatic hydroxyl groups is 1. The highest BCUT2D eigenvalue weighted by molar-refractivity contribution is 4.95. The first-order valence-corrected chi connectivity index (χ1v) is 9.08. The van der Waals surface area contributed by atoms with Crippen molar-refractivity contribution in [2.45, 2.75) is 82.7 Å². The van der Waals surface area contributed by atoms with E-state index in [1.807, 2.05) is 0 Å². The van der Waals surface area contributed by atoms with Crippen LogP contribution >= 0.6 is 0 Å². The predicted octanol–water partition coefficient (Wildman–Crippen LogP) is 4.30. The molecule has 0 aromatic carbocycles. The van der Waals surface area contributed by atoms with Crippen molar-refractivity contribution < 1.29 is 9.84 Å². The Hall–Kier alpha value is -0.0800. The number of ether oxygens (including phenoxy) is 1. The first-order chi connectivity index (χ1) is 9.78. The molecule has 116 valence electrons. The van der Waals surface area contributed by atoms with Crippen molar-refractivity contribution in [3.05, 3.63) is 0 Å². The van der Waals surface area contributed by atoms with E-state index in [2.05, 4.69) is 0 Å². The van der Waals surface area contributed by atoms with Gasteiger partial charge in [-0.1, -0.05) is 44.9 Å². The first kappa shape index (κ1) is 14.8. The Morgan fingerprint density at radius 2 is 1.55 bits per heavy atom. The van der Waals surface area contributed by atoms with Crippen molar-refractivity contribution in [1.82, 2.24) is 0 Å². The molecular weight excluding hydrogens is 248 g/mol. The van der Waals surface area contributed by atoms with Gasteiger partial charge in [0.05, 0.1) is 5.60 Å². The molecule has 3 aliphatic rings. The van der Waals surface area contributed by atoms with Crippen LogP contribution in [0.3, 0.4) is 0 Å². The lowest BCUT2D eigenvalue weighted by Gasteiger charge is -2.47. The van der Waals surface area contributed by atoms with Gasteiger partial charge in [-0.3, -0.25) is 0 Å². The molecule has 1 N–H and O–H groups in total. The fraction of sp³-hybridized carbons (Fsp3) is 1.00. The van der Waals surface area contributed by atoms with Crippen LogP contribution in [0.4, 0.5) is 0 Å². The van der Waals surface area contributed by atoms with Crippen LogP contribution in [-0.4, -0.2) is 23.9 Å². The summed E-state index contributed by atoms with van der Waals surface area (Å²) in [4.78, 5) is 0. The molecule has 0 bridgehead atoms. The van der Waals surface area contributed by atoms with Crippen LogP contribution in [0.15, 0.2) is 0 Å². The summed E-state index contributed by atoms with van der Waals surface area (Å²) in [5.41, 5.74) is -0.345. The summed E-state index contributed by atoms with van der Waals surface area (Å²) < 4.78 is 5.48. The summed E-state index contributed by atoms with van der Waals surface area (Å²) in [5.74, 6) is 2.12. The summed E-state index contributed by atoms with van der Waals surface area (Å²) in [6, 6.07) is 0. The topological polar surface area (TPSA) is 29.5 Å². The van der Waals surface area contributed by atoms with Gasteiger partial charge in [0, 0.05) is 13.2 Å². The van der Waals surface area contributed by atoms with Crippen LogP contribution in [-0.2, 0) is 4.74 Å². The third-order valence-corrected chi connectivity index (χ3v) is 6.27. The van der Waals surface area contributed by atoms with E-state index < -0.39 is 0 Å². The second-order valence-corrected chi connectivity index (χ2v) is 7.61. The van der Waals surface area contributed by atoms with E-state index in [1.165, 1.54) is 64.2 Å². The molecule has 0 aromatic rings. The lowest BCUT2D eigenvalue weighted by molar-refractivity contribution is -0.0999. The molecule has 0 spiro atoms. The third-order valence-electron chi connectivity index (χ3n) is 6.27. The second kappa shape index (κ2) is 6.79. The van der Waals surface area contributed by atoms with Crippen molar-refractivity contribution in [3.63, 3.8) is 0 Å². The van der Waals surface area contributed by atoms with Crippen molar-refractivity contribution in [2.24, 2.45) is 17.8 Å². The molecule has 3 rings (SSSR count). The molecular formula is C18H32O2. The largest absolute Gasteiger partial charge is 0.390 e. The van der Waals surface area contributed by atoms with Crippen LogP contribution in [0, 0.1) is 17.8 Å². The smallest absolute Gasteiger partial charge is 0.0681 e. The maximum absolute atomic E-state index is 11.4. The minimum atomic E-state index is -0.345. The van der Waals surface area contributed by atoms with Crippen LogP contribution < -0.4 is 0 Å². The lowest BCUT2D eigenvalue weighted by atomic mass is 9.63. The Kier molecular flexibility index (Phi) is 5.04. The van der Waals surface area contributed by atoms with Crippen LogP contribution in [0.2, 0.25) is 0 Å². The van der Waals surface area contributed by atoms with Gasteiger partial charge in [-0.25, -0.2) is 0 Å². The maximum atomic E-state index is 11.4. The summed E-state index contributed by atoms with van der Waals surface area (Å²) in [6.07, 6.45) is 15.3. The Morgan fingerprint density at radius 3 is 2.30 bits per heavy atom. The van der Waals surface area contributed by atoms with Crippen LogP contribution in [0.25, 0.3) is 0 Å². The zero-order valence-corrected chi connectivity index (χ0v) is 13.0. The molecule has 1 aliphatic heterocycles. The van der Waals surface area contributed by atoms with Gasteiger partial charge in [0.25, 0.3) is 0 Å². The third kappa shape index (κ3) is 3.39. The molecule has 20 heavy (non-hydrogen) atoms. The van der Waals surface area contributed by atoms with Gasteiger partial charge in [-0.05, 0) is 49.9 Å². The van der Waals surface area contributed by atoms with E-state index in [1.54, 1.807) is 0 Å². The van der Waals surface area contributed by atoms with Crippen molar-refractivity contribution in [2.75, 3.05) is 13.2 Å². The second-order valence-electron chi connectivity index (χ2n) is 7.61. The molecule has 2 aliphatic carbocycles. The average Bonchev–Trinajstić information content (AvgIpc) is 2.49. The van der Waals surface area contributed by atoms with E-state index in [9.17, 15) is 5.11 Å². The van der Waals surface area contributed by atoms with Gasteiger partial charge < -0.3 is 9.84 Å². The molecule has 3 fully saturated rings. The molecule has 1 heterocycles. The maximum Gasteiger partial charge on any atom is 0.0681 e. The van der Waals surface area contributed by atoms with Gasteiger partial charge >= 0.3 is 0 Å². The molecule has 0 radical (unpaired) electrons. The Balaban J connectivity index is 1.65. The van der Waals surface area contributed by atoms with Gasteiger partial charge in [0.15, 0.2) is 0 Å². The molecule has 1 saturated heterocycles. The number of rotatable bonds is 3. The predicted molar refractivity (Wildman–Crippen MR) is 81.6 cm³/mol. The molecule has 0 amide bonds. The average molecular weight is 280 g/mol. The quantitative estimate of drug-likeness (QED) is 0.835. The highest BCUT2D eigenvalue weighted by Gasteiger charge is 2.44. The minimum absolute atomic E-state index is 0.345. The van der Waals surface area contributed by atoms with E-state index >= 15 is 0 Å². The fourth-order valence-electron chi connectivity index (χ4n) is 5.16. The Morgan fingerprint density at radius 1 is 0.850 bits per heavy atom. The van der Waals surface area contributed by atoms with Gasteiger partial charge in [-0.2, -0.15) is 0 Å². The van der Waals surface area contributed by atoms with E-state index in [0.717, 1.165) is 32.0 Å². The Bertz CT molecular complexity index is 292. The van der Waals surface area contributed by atoms with Crippen LogP contribution in [0.1, 0.15) is 77.0 Å². The van der Waals surface area contributed by atoms with E-state index in [-0.39, 0.29) is 5.60 Å². The van der Waals surface area contributed by atoms with Crippen LogP contribution in [0.5, 0.6) is 0 Å². The zero-order chi connectivity index (χ0) is 13.8. The van der Waals surface area contributed by atoms with Crippen molar-refractivity contribution in [1.29, 1.82) is 0 Å². The summed E-state index contributed by atoms with van der Waals surface area (Å²) in [7, 11) is 0. The molecule has 2 heteroatoms. The highest BCUT2D eigenvalue weighted by Crippen LogP contribution is 2.47. The molecule has 2 atom stereocenters. The zero-order valence-electron chi connectivity index (χ0n) is 13.0. The fourth-order valence-corrected chi connectivity index (χ4v) is 5.16. The van der Waals surface area contributed by atoms with Gasteiger partial charge in [0.2, 0.25) is 0 Å². The van der Waals surface area contributed by atoms with Crippen molar-refractivity contribution in [3.8, 4) is 0 Å². The molecule has 2 nitrogen and oxygen atoms in total. The molecule has 2 unspecified atom stereocenters. The summed E-state index contributed by atoms with van der Waals surface area (Å²) in [6.45, 7) is 1.82. The van der Waals surface area contributed by atoms with Gasteiger partial charge in [0.1, 0.15) is 0 Å². The molecule has 0 aromatic heterocycles. The monoisotopic (exact) mass is 280 g/mol. The highest BCUT2D eigenvalue weighted by atomic mass is 16.5. The Labute approximate surface area is 124 Å².